The van der Waals surface area contributed by atoms with Crippen LogP contribution in [0.4, 0.5) is 11.5 Å². The third-order valence-corrected chi connectivity index (χ3v) is 6.11. The van der Waals surface area contributed by atoms with E-state index < -0.39 is 28.4 Å². The molecule has 0 atom stereocenters. The molecule has 3 aromatic heterocycles. The first-order valence-electron chi connectivity index (χ1n) is 11.2. The summed E-state index contributed by atoms with van der Waals surface area (Å²) in [7, 11) is -2.24. The first-order valence-corrected chi connectivity index (χ1v) is 11.9. The Kier molecular flexibility index (Phi) is 5.34. The summed E-state index contributed by atoms with van der Waals surface area (Å²) in [5, 5.41) is 16.5. The molecule has 0 saturated heterocycles. The van der Waals surface area contributed by atoms with Crippen LogP contribution in [-0.4, -0.2) is 59.6 Å². The second-order valence-electron chi connectivity index (χ2n) is 7.18. The van der Waals surface area contributed by atoms with Gasteiger partial charge in [0, 0.05) is 28.8 Å². The van der Waals surface area contributed by atoms with Crippen LogP contribution in [0.15, 0.2) is 47.5 Å². The highest BCUT2D eigenvalue weighted by Gasteiger charge is 2.22. The van der Waals surface area contributed by atoms with Gasteiger partial charge in [-0.15, -0.1) is 10.2 Å². The van der Waals surface area contributed by atoms with Crippen molar-refractivity contribution >= 4 is 49.9 Å². The molecule has 0 aliphatic heterocycles. The summed E-state index contributed by atoms with van der Waals surface area (Å²) >= 11 is 5.95. The minimum Gasteiger partial charge on any atom is -0.497 e. The lowest BCUT2D eigenvalue weighted by atomic mass is 10.2. The molecule has 13 heteroatoms. The number of sulfone groups is 1. The number of ether oxygens (including phenoxy) is 1. The smallest absolute Gasteiger partial charge is 0.273 e. The molecule has 3 heterocycles. The van der Waals surface area contributed by atoms with Crippen molar-refractivity contribution < 1.29 is 22.1 Å². The Morgan fingerprint density at radius 3 is 2.68 bits per heavy atom. The number of pyridine rings is 1. The molecule has 176 valence electrons. The first-order chi connectivity index (χ1) is 17.3. The van der Waals surface area contributed by atoms with Gasteiger partial charge in [0.25, 0.3) is 5.91 Å². The number of nitrogens with one attached hydrogen (secondary N) is 2. The highest BCUT2D eigenvalue weighted by molar-refractivity contribution is 7.90. The molecular weight excluding hydrogens is 482 g/mol. The molecule has 0 aliphatic carbocycles. The van der Waals surface area contributed by atoms with Crippen molar-refractivity contribution in [2.24, 2.45) is 0 Å². The molecule has 0 saturated carbocycles. The predicted octanol–water partition coefficient (Wildman–Crippen LogP) is 2.44. The zero-order valence-corrected chi connectivity index (χ0v) is 19.5. The summed E-state index contributed by atoms with van der Waals surface area (Å²) in [5.74, 6) is -0.517. The number of methoxy groups -OCH3 is 1. The number of halogens is 1. The summed E-state index contributed by atoms with van der Waals surface area (Å²) in [6.45, 7) is -2.47. The van der Waals surface area contributed by atoms with Crippen LogP contribution in [0, 0.1) is 0 Å². The van der Waals surface area contributed by atoms with Gasteiger partial charge in [-0.2, -0.15) is 5.10 Å². The Hall–Kier alpha value is -3.77. The second kappa shape index (κ2) is 9.23. The van der Waals surface area contributed by atoms with Gasteiger partial charge in [0.05, 0.1) is 25.5 Å². The zero-order valence-electron chi connectivity index (χ0n) is 20.9. The van der Waals surface area contributed by atoms with Crippen LogP contribution in [0.25, 0.3) is 11.0 Å². The van der Waals surface area contributed by atoms with E-state index in [4.69, 9.17) is 20.5 Å². The maximum Gasteiger partial charge on any atom is 0.273 e. The van der Waals surface area contributed by atoms with Gasteiger partial charge in [-0.25, -0.2) is 18.1 Å². The highest BCUT2D eigenvalue weighted by atomic mass is 35.5. The predicted molar refractivity (Wildman–Crippen MR) is 126 cm³/mol. The molecule has 0 spiro atoms. The number of hydrogen-bond donors (Lipinski definition) is 2. The molecule has 1 aromatic carbocycles. The molecule has 1 amide bonds. The van der Waals surface area contributed by atoms with Gasteiger partial charge < -0.3 is 15.4 Å². The lowest BCUT2D eigenvalue weighted by Crippen LogP contribution is -2.21. The van der Waals surface area contributed by atoms with E-state index in [9.17, 15) is 13.2 Å². The van der Waals surface area contributed by atoms with Gasteiger partial charge in [0.1, 0.15) is 10.6 Å². The Balaban J connectivity index is 1.79. The van der Waals surface area contributed by atoms with Crippen molar-refractivity contribution in [2.45, 2.75) is 11.4 Å². The summed E-state index contributed by atoms with van der Waals surface area (Å²) < 4.78 is 53.8. The molecule has 2 N–H and O–H groups in total. The average molecular weight is 505 g/mol. The number of benzene rings is 1. The van der Waals surface area contributed by atoms with Crippen LogP contribution in [0.2, 0.25) is 5.15 Å². The number of rotatable bonds is 7. The number of anilines is 2. The number of aromatic nitrogens is 5. The van der Waals surface area contributed by atoms with Gasteiger partial charge in [-0.05, 0) is 23.8 Å². The molecule has 0 bridgehead atoms. The Labute approximate surface area is 204 Å². The van der Waals surface area contributed by atoms with Gasteiger partial charge in [-0.3, -0.25) is 4.79 Å². The van der Waals surface area contributed by atoms with Crippen LogP contribution in [0.5, 0.6) is 5.75 Å². The molecule has 0 unspecified atom stereocenters. The van der Waals surface area contributed by atoms with Crippen molar-refractivity contribution in [3.8, 4) is 5.75 Å². The van der Waals surface area contributed by atoms with Crippen LogP contribution < -0.4 is 15.4 Å². The first kappa shape index (κ1) is 19.7. The normalized spacial score (nSPS) is 13.1. The number of amides is 1. The quantitative estimate of drug-likeness (QED) is 0.388. The fraction of sp³-hybridized carbons (Fsp3) is 0.190. The van der Waals surface area contributed by atoms with E-state index >= 15 is 0 Å². The maximum absolute atomic E-state index is 12.6. The van der Waals surface area contributed by atoms with Gasteiger partial charge in [-0.1, -0.05) is 23.7 Å². The molecule has 11 nitrogen and oxygen atoms in total. The molecular formula is C21H20ClN7O4S. The zero-order chi connectivity index (χ0) is 27.0. The van der Waals surface area contributed by atoms with Crippen molar-refractivity contribution in [3.63, 3.8) is 0 Å². The third kappa shape index (κ3) is 4.77. The minimum atomic E-state index is -3.81. The highest BCUT2D eigenvalue weighted by Crippen LogP contribution is 2.29. The van der Waals surface area contributed by atoms with E-state index in [0.29, 0.717) is 23.3 Å². The van der Waals surface area contributed by atoms with Crippen molar-refractivity contribution in [3.05, 3.63) is 59.0 Å². The average Bonchev–Trinajstić information content (AvgIpc) is 3.19. The monoisotopic (exact) mass is 504 g/mol. The third-order valence-electron chi connectivity index (χ3n) is 4.81. The summed E-state index contributed by atoms with van der Waals surface area (Å²) in [5.41, 5.74) is 0.726. The minimum absolute atomic E-state index is 0.0975. The lowest BCUT2D eigenvalue weighted by Gasteiger charge is -2.13. The van der Waals surface area contributed by atoms with Gasteiger partial charge >= 0.3 is 0 Å². The number of fused-ring (bicyclic) bond motifs is 1. The molecule has 0 radical (unpaired) electrons. The molecule has 0 fully saturated rings. The van der Waals surface area contributed by atoms with E-state index in [1.165, 1.54) is 18.3 Å². The molecule has 4 aromatic rings. The van der Waals surface area contributed by atoms with E-state index in [1.54, 1.807) is 23.9 Å². The van der Waals surface area contributed by atoms with Crippen LogP contribution >= 0.6 is 11.6 Å². The number of hydrogen-bond acceptors (Lipinski definition) is 9. The maximum atomic E-state index is 12.6. The number of carbonyl (C=O) groups excluding carboxylic acids is 1. The van der Waals surface area contributed by atoms with E-state index in [0.717, 1.165) is 11.8 Å². The Morgan fingerprint density at radius 2 is 2.00 bits per heavy atom. The van der Waals surface area contributed by atoms with Crippen molar-refractivity contribution in [2.75, 3.05) is 25.7 Å². The van der Waals surface area contributed by atoms with E-state index in [1.807, 2.05) is 17.4 Å². The largest absolute Gasteiger partial charge is 0.497 e. The van der Waals surface area contributed by atoms with Crippen LogP contribution in [-0.2, 0) is 16.4 Å². The second-order valence-corrected chi connectivity index (χ2v) is 9.55. The Morgan fingerprint density at radius 1 is 1.24 bits per heavy atom. The van der Waals surface area contributed by atoms with Crippen LogP contribution in [0.3, 0.4) is 0 Å². The van der Waals surface area contributed by atoms with Crippen molar-refractivity contribution in [1.29, 1.82) is 0 Å². The summed E-state index contributed by atoms with van der Waals surface area (Å²) in [4.78, 5) is 16.8. The van der Waals surface area contributed by atoms with Gasteiger partial charge in [0.15, 0.2) is 32.1 Å². The Bertz CT molecular complexity index is 1590. The fourth-order valence-electron chi connectivity index (χ4n) is 3.20. The number of carbonyl (C=O) groups is 1. The van der Waals surface area contributed by atoms with E-state index in [2.05, 4.69) is 25.6 Å². The summed E-state index contributed by atoms with van der Waals surface area (Å²) in [6, 6.07) is 9.92. The SMILES string of the molecule is [2H]C([2H])([2H])NC(=O)c1nnc(Cl)cc1Nc1nc2c(cnn2Cc2ccc(OC)cc2)cc1S(C)(=O)=O. The molecule has 4 rings (SSSR count). The molecule has 0 aliphatic rings. The van der Waals surface area contributed by atoms with Crippen molar-refractivity contribution in [1.82, 2.24) is 30.3 Å². The summed E-state index contributed by atoms with van der Waals surface area (Å²) in [6.07, 6.45) is 2.49. The standard InChI is InChI=1S/C21H20ClN7O4S/c1-23-21(30)18-15(9-17(22)27-28-18)25-19-16(34(3,31)32)8-13-10-24-29(20(13)26-19)11-12-4-6-14(33-2)7-5-12/h4-10H,11H2,1-3H3,(H,23,30)(H,25,26,27)/i1D3. The topological polar surface area (TPSA) is 141 Å². The number of nitrogens with zero attached hydrogens (tertiary/aromatic N) is 5. The lowest BCUT2D eigenvalue weighted by molar-refractivity contribution is 0.0958. The van der Waals surface area contributed by atoms with Crippen LogP contribution in [0.1, 0.15) is 20.2 Å². The fourth-order valence-corrected chi connectivity index (χ4v) is 4.13. The van der Waals surface area contributed by atoms with E-state index in [-0.39, 0.29) is 21.6 Å². The van der Waals surface area contributed by atoms with Gasteiger partial charge in [0.2, 0.25) is 0 Å². The molecule has 34 heavy (non-hydrogen) atoms.